The van der Waals surface area contributed by atoms with E-state index in [-0.39, 0.29) is 12.8 Å². The maximum absolute atomic E-state index is 13.4. The van der Waals surface area contributed by atoms with Crippen LogP contribution in [-0.2, 0) is 43.2 Å². The third-order valence-electron chi connectivity index (χ3n) is 7.19. The molecule has 0 spiro atoms. The topological polar surface area (TPSA) is 353 Å². The van der Waals surface area contributed by atoms with E-state index < -0.39 is 127 Å². The van der Waals surface area contributed by atoms with Crippen LogP contribution in [0.2, 0.25) is 0 Å². The number of primary amides is 2. The number of aliphatic carboxylic acids is 2. The van der Waals surface area contributed by atoms with Gasteiger partial charge in [-0.2, -0.15) is 0 Å². The van der Waals surface area contributed by atoms with E-state index >= 15 is 0 Å². The smallest absolute Gasteiger partial charge is 0.326 e. The lowest BCUT2D eigenvalue weighted by atomic mass is 9.96. The molecule has 0 saturated carbocycles. The Morgan fingerprint density at radius 1 is 0.625 bits per heavy atom. The van der Waals surface area contributed by atoms with Crippen LogP contribution < -0.4 is 43.8 Å². The molecule has 0 radical (unpaired) electrons. The van der Waals surface area contributed by atoms with Crippen LogP contribution in [0.4, 0.5) is 0 Å². The summed E-state index contributed by atoms with van der Waals surface area (Å²) in [7, 11) is 0. The van der Waals surface area contributed by atoms with Crippen molar-refractivity contribution >= 4 is 53.3 Å². The van der Waals surface area contributed by atoms with Crippen LogP contribution in [0, 0.1) is 11.8 Å². The number of hydrogen-bond donors (Lipinski definition) is 11. The van der Waals surface area contributed by atoms with Crippen LogP contribution >= 0.6 is 0 Å². The number of hydrogen-bond acceptors (Lipinski definition) is 11. The lowest BCUT2D eigenvalue weighted by Crippen LogP contribution is -2.61. The van der Waals surface area contributed by atoms with E-state index in [1.807, 2.05) is 0 Å². The molecular weight excluding hydrogens is 640 g/mol. The number of carboxylic acids is 2. The van der Waals surface area contributed by atoms with Crippen molar-refractivity contribution < 1.29 is 58.5 Å². The SMILES string of the molecule is CCC(C)C(NC(=O)C(CCC(=O)O)NC(=O)C(NC(=O)C(CO)NC(=O)C(N)CCC(N)=O)C(C)C)C(=O)NC(CC(N)=O)C(=O)O. The zero-order chi connectivity index (χ0) is 37.3. The fourth-order valence-electron chi connectivity index (χ4n) is 4.11. The first kappa shape index (κ1) is 43.1. The van der Waals surface area contributed by atoms with Crippen LogP contribution in [0.1, 0.15) is 66.2 Å². The zero-order valence-corrected chi connectivity index (χ0v) is 27.3. The van der Waals surface area contributed by atoms with Crippen molar-refractivity contribution in [2.24, 2.45) is 29.0 Å². The van der Waals surface area contributed by atoms with Gasteiger partial charge in [0, 0.05) is 12.8 Å². The van der Waals surface area contributed by atoms with Gasteiger partial charge in [0.25, 0.3) is 0 Å². The Balaban J connectivity index is 6.00. The van der Waals surface area contributed by atoms with Crippen molar-refractivity contribution in [2.75, 3.05) is 6.61 Å². The maximum atomic E-state index is 13.4. The number of rotatable bonds is 23. The van der Waals surface area contributed by atoms with Crippen LogP contribution in [0.25, 0.3) is 0 Å². The Kier molecular flexibility index (Phi) is 19.0. The number of carbonyl (C=O) groups is 9. The molecule has 0 aliphatic carbocycles. The highest BCUT2D eigenvalue weighted by Gasteiger charge is 2.35. The van der Waals surface area contributed by atoms with E-state index in [2.05, 4.69) is 26.6 Å². The second kappa shape index (κ2) is 21.1. The predicted molar refractivity (Wildman–Crippen MR) is 166 cm³/mol. The summed E-state index contributed by atoms with van der Waals surface area (Å²) in [5.41, 5.74) is 15.8. The Hall–Kier alpha value is -4.85. The minimum atomic E-state index is -1.70. The summed E-state index contributed by atoms with van der Waals surface area (Å²) in [4.78, 5) is 110. The fourth-order valence-corrected chi connectivity index (χ4v) is 4.11. The first-order valence-corrected chi connectivity index (χ1v) is 15.1. The highest BCUT2D eigenvalue weighted by atomic mass is 16.4. The second-order valence-corrected chi connectivity index (χ2v) is 11.5. The van der Waals surface area contributed by atoms with Gasteiger partial charge in [0.2, 0.25) is 41.4 Å². The van der Waals surface area contributed by atoms with E-state index in [4.69, 9.17) is 17.2 Å². The third-order valence-corrected chi connectivity index (χ3v) is 7.19. The van der Waals surface area contributed by atoms with Gasteiger partial charge in [-0.15, -0.1) is 0 Å². The molecule has 7 atom stereocenters. The summed E-state index contributed by atoms with van der Waals surface area (Å²) in [5.74, 6) is -10.7. The number of aliphatic hydroxyl groups is 1. The highest BCUT2D eigenvalue weighted by Crippen LogP contribution is 2.11. The summed E-state index contributed by atoms with van der Waals surface area (Å²) < 4.78 is 0. The van der Waals surface area contributed by atoms with Gasteiger partial charge in [0.15, 0.2) is 0 Å². The van der Waals surface area contributed by atoms with Gasteiger partial charge in [-0.25, -0.2) is 4.79 Å². The number of amides is 7. The maximum Gasteiger partial charge on any atom is 0.326 e. The van der Waals surface area contributed by atoms with Crippen molar-refractivity contribution in [3.05, 3.63) is 0 Å². The Morgan fingerprint density at radius 3 is 1.58 bits per heavy atom. The van der Waals surface area contributed by atoms with Gasteiger partial charge in [0.05, 0.1) is 19.1 Å². The molecule has 0 bridgehead atoms. The molecule has 272 valence electrons. The molecule has 0 fully saturated rings. The second-order valence-electron chi connectivity index (χ2n) is 11.5. The van der Waals surface area contributed by atoms with E-state index in [0.717, 1.165) is 0 Å². The van der Waals surface area contributed by atoms with Crippen LogP contribution in [0.3, 0.4) is 0 Å². The minimum absolute atomic E-state index is 0.134. The van der Waals surface area contributed by atoms with Gasteiger partial charge in [0.1, 0.15) is 30.2 Å². The van der Waals surface area contributed by atoms with Crippen molar-refractivity contribution in [3.63, 3.8) is 0 Å². The summed E-state index contributed by atoms with van der Waals surface area (Å²) in [5, 5.41) is 39.8. The molecule has 0 aliphatic rings. The number of nitrogens with one attached hydrogen (secondary N) is 5. The average molecular weight is 689 g/mol. The quantitative estimate of drug-likeness (QED) is 0.0483. The van der Waals surface area contributed by atoms with E-state index in [1.165, 1.54) is 13.8 Å². The molecule has 0 heterocycles. The summed E-state index contributed by atoms with van der Waals surface area (Å²) in [6.07, 6.45) is -1.84. The molecule has 0 rings (SSSR count). The van der Waals surface area contributed by atoms with Crippen LogP contribution in [0.5, 0.6) is 0 Å². The van der Waals surface area contributed by atoms with E-state index in [1.54, 1.807) is 13.8 Å². The number of carbonyl (C=O) groups excluding carboxylic acids is 7. The van der Waals surface area contributed by atoms with Gasteiger partial charge in [-0.3, -0.25) is 38.4 Å². The number of aliphatic hydroxyl groups excluding tert-OH is 1. The minimum Gasteiger partial charge on any atom is -0.481 e. The normalized spacial score (nSPS) is 15.3. The molecule has 0 aromatic rings. The zero-order valence-electron chi connectivity index (χ0n) is 27.3. The molecule has 0 aliphatic heterocycles. The first-order valence-electron chi connectivity index (χ1n) is 15.1. The summed E-state index contributed by atoms with van der Waals surface area (Å²) in [6, 6.07) is -8.84. The Morgan fingerprint density at radius 2 is 1.12 bits per heavy atom. The standard InChI is InChI=1S/C28H48N8O12/c1-5-13(4)22(27(46)33-16(28(47)48)10-19(31)39)36-24(43)15(7-9-20(40)41)32-26(45)21(12(2)3)35-25(44)17(11-37)34-23(42)14(29)6-8-18(30)38/h12-17,21-22,37H,5-11,29H2,1-4H3,(H2,30,38)(H2,31,39)(H,32,45)(H,33,46)(H,34,42)(H,35,44)(H,36,43)(H,40,41)(H,47,48). The van der Waals surface area contributed by atoms with Crippen molar-refractivity contribution in [2.45, 2.75) is 102 Å². The molecular formula is C28H48N8O12. The van der Waals surface area contributed by atoms with Crippen molar-refractivity contribution in [1.29, 1.82) is 0 Å². The molecule has 20 nitrogen and oxygen atoms in total. The Bertz CT molecular complexity index is 1200. The molecule has 48 heavy (non-hydrogen) atoms. The molecule has 14 N–H and O–H groups in total. The van der Waals surface area contributed by atoms with Gasteiger partial charge < -0.3 is 59.1 Å². The van der Waals surface area contributed by atoms with Crippen molar-refractivity contribution in [3.8, 4) is 0 Å². The molecule has 0 saturated heterocycles. The molecule has 7 unspecified atom stereocenters. The van der Waals surface area contributed by atoms with Crippen molar-refractivity contribution in [1.82, 2.24) is 26.6 Å². The van der Waals surface area contributed by atoms with Gasteiger partial charge >= 0.3 is 11.9 Å². The van der Waals surface area contributed by atoms with E-state index in [9.17, 15) is 58.5 Å². The Labute approximate surface area is 276 Å². The molecule has 0 aromatic carbocycles. The fraction of sp³-hybridized carbons (Fsp3) is 0.679. The van der Waals surface area contributed by atoms with Crippen LogP contribution in [-0.4, -0.2) is 111 Å². The molecule has 0 aromatic heterocycles. The number of nitrogens with two attached hydrogens (primary N) is 3. The molecule has 20 heteroatoms. The number of carboxylic acid groups (broad SMARTS) is 2. The summed E-state index contributed by atoms with van der Waals surface area (Å²) >= 11 is 0. The van der Waals surface area contributed by atoms with Gasteiger partial charge in [-0.1, -0.05) is 34.1 Å². The monoisotopic (exact) mass is 688 g/mol. The summed E-state index contributed by atoms with van der Waals surface area (Å²) in [6.45, 7) is 5.38. The third kappa shape index (κ3) is 15.6. The lowest BCUT2D eigenvalue weighted by molar-refractivity contribution is -0.144. The largest absolute Gasteiger partial charge is 0.481 e. The predicted octanol–water partition coefficient (Wildman–Crippen LogP) is -4.48. The highest BCUT2D eigenvalue weighted by molar-refractivity contribution is 5.97. The first-order chi connectivity index (χ1) is 22.2. The van der Waals surface area contributed by atoms with E-state index in [0.29, 0.717) is 6.42 Å². The lowest BCUT2D eigenvalue weighted by Gasteiger charge is -2.29. The van der Waals surface area contributed by atoms with Gasteiger partial charge in [-0.05, 0) is 24.7 Å². The average Bonchev–Trinajstić information content (AvgIpc) is 2.99. The van der Waals surface area contributed by atoms with Crippen LogP contribution in [0.15, 0.2) is 0 Å². The molecule has 7 amide bonds.